The molecule has 0 aliphatic heterocycles. The van der Waals surface area contributed by atoms with E-state index in [4.69, 9.17) is 18.9 Å². The lowest BCUT2D eigenvalue weighted by molar-refractivity contribution is 0.0599. The van der Waals surface area contributed by atoms with Crippen molar-refractivity contribution in [3.8, 4) is 17.2 Å². The molecule has 0 aromatic heterocycles. The van der Waals surface area contributed by atoms with Crippen LogP contribution in [0, 0.1) is 0 Å². The van der Waals surface area contributed by atoms with Gasteiger partial charge in [-0.1, -0.05) is 103 Å². The van der Waals surface area contributed by atoms with Crippen molar-refractivity contribution in [3.05, 3.63) is 48.0 Å². The molecule has 8 heteroatoms. The fourth-order valence-electron chi connectivity index (χ4n) is 5.04. The summed E-state index contributed by atoms with van der Waals surface area (Å²) in [7, 11) is -1.88. The monoisotopic (exact) mass is 632 g/mol. The van der Waals surface area contributed by atoms with Gasteiger partial charge < -0.3 is 18.9 Å². The van der Waals surface area contributed by atoms with Crippen LogP contribution in [0.5, 0.6) is 17.2 Å². The number of benzene rings is 2. The molecule has 0 saturated heterocycles. The fraction of sp³-hybridized carbons (Fsp3) is 0.639. The van der Waals surface area contributed by atoms with Crippen LogP contribution in [0.15, 0.2) is 47.4 Å². The molecule has 0 radical (unpaired) electrons. The van der Waals surface area contributed by atoms with Crippen molar-refractivity contribution in [1.82, 2.24) is 0 Å². The molecular weight excluding hydrogens is 576 g/mol. The van der Waals surface area contributed by atoms with Gasteiger partial charge >= 0.3 is 5.97 Å². The summed E-state index contributed by atoms with van der Waals surface area (Å²) in [5, 5.41) is 0. The molecule has 0 aliphatic carbocycles. The number of carbonyl (C=O) groups excluding carboxylic acids is 1. The first-order valence-electron chi connectivity index (χ1n) is 16.8. The quantitative estimate of drug-likeness (QED) is 0.0754. The molecule has 2 aromatic carbocycles. The van der Waals surface area contributed by atoms with Crippen molar-refractivity contribution < 1.29 is 32.2 Å². The number of ether oxygens (including phenoxy) is 4. The van der Waals surface area contributed by atoms with E-state index in [1.807, 2.05) is 0 Å². The van der Waals surface area contributed by atoms with Gasteiger partial charge in [0.1, 0.15) is 17.2 Å². The van der Waals surface area contributed by atoms with Crippen LogP contribution in [0.4, 0.5) is 0 Å². The lowest BCUT2D eigenvalue weighted by atomic mass is 10.0. The maximum Gasteiger partial charge on any atom is 0.338 e. The Labute approximate surface area is 266 Å². The van der Waals surface area contributed by atoms with Gasteiger partial charge in [0.15, 0.2) is 9.84 Å². The van der Waals surface area contributed by atoms with Gasteiger partial charge in [0.2, 0.25) is 0 Å². The molecular formula is C36H56O7S. The van der Waals surface area contributed by atoms with Crippen LogP contribution in [0.25, 0.3) is 0 Å². The third kappa shape index (κ3) is 16.9. The number of carbonyl (C=O) groups is 1. The Morgan fingerprint density at radius 1 is 0.568 bits per heavy atom. The Morgan fingerprint density at radius 3 is 1.41 bits per heavy atom. The lowest BCUT2D eigenvalue weighted by Crippen LogP contribution is -2.07. The van der Waals surface area contributed by atoms with Crippen LogP contribution in [0.2, 0.25) is 0 Å². The maximum atomic E-state index is 12.2. The molecule has 248 valence electrons. The molecule has 7 nitrogen and oxygen atoms in total. The van der Waals surface area contributed by atoms with Gasteiger partial charge in [-0.05, 0) is 42.8 Å². The van der Waals surface area contributed by atoms with Gasteiger partial charge in [-0.3, -0.25) is 0 Å². The van der Waals surface area contributed by atoms with Crippen LogP contribution in [-0.2, 0) is 14.6 Å². The molecule has 2 aromatic rings. The second-order valence-corrected chi connectivity index (χ2v) is 13.6. The van der Waals surface area contributed by atoms with E-state index in [1.165, 1.54) is 115 Å². The van der Waals surface area contributed by atoms with Gasteiger partial charge in [0.25, 0.3) is 0 Å². The second kappa shape index (κ2) is 22.7. The van der Waals surface area contributed by atoms with E-state index < -0.39 is 15.8 Å². The molecule has 0 N–H and O–H groups in total. The zero-order valence-corrected chi connectivity index (χ0v) is 28.3. The standard InChI is InChI=1S/C36H56O7S/c1-4-5-6-7-8-9-10-11-12-13-14-15-16-17-18-19-25-42-33-28-31(36(37)40-2)29-34(30-33)43-27-20-26-41-32-21-23-35(24-22-32)44(3,38)39/h21-24,28-30H,4-20,25-27H2,1-3H3. The molecule has 0 aliphatic rings. The van der Waals surface area contributed by atoms with Gasteiger partial charge in [-0.2, -0.15) is 0 Å². The summed E-state index contributed by atoms with van der Waals surface area (Å²) in [6.07, 6.45) is 23.0. The van der Waals surface area contributed by atoms with E-state index in [2.05, 4.69) is 6.92 Å². The van der Waals surface area contributed by atoms with Crippen molar-refractivity contribution >= 4 is 15.8 Å². The molecule has 0 heterocycles. The highest BCUT2D eigenvalue weighted by Gasteiger charge is 2.11. The van der Waals surface area contributed by atoms with Gasteiger partial charge in [-0.15, -0.1) is 0 Å². The maximum absolute atomic E-state index is 12.2. The van der Waals surface area contributed by atoms with Gasteiger partial charge in [-0.25, -0.2) is 13.2 Å². The van der Waals surface area contributed by atoms with Crippen molar-refractivity contribution in [3.63, 3.8) is 0 Å². The van der Waals surface area contributed by atoms with E-state index in [-0.39, 0.29) is 4.90 Å². The highest BCUT2D eigenvalue weighted by Crippen LogP contribution is 2.25. The highest BCUT2D eigenvalue weighted by molar-refractivity contribution is 7.90. The molecule has 0 spiro atoms. The van der Waals surface area contributed by atoms with Crippen molar-refractivity contribution in [2.75, 3.05) is 33.2 Å². The Morgan fingerprint density at radius 2 is 0.977 bits per heavy atom. The first-order chi connectivity index (χ1) is 21.3. The summed E-state index contributed by atoms with van der Waals surface area (Å²) >= 11 is 0. The summed E-state index contributed by atoms with van der Waals surface area (Å²) in [5.41, 5.74) is 0.384. The largest absolute Gasteiger partial charge is 0.493 e. The fourth-order valence-corrected chi connectivity index (χ4v) is 5.67. The molecule has 2 rings (SSSR count). The summed E-state index contributed by atoms with van der Waals surface area (Å²) in [6.45, 7) is 3.64. The lowest BCUT2D eigenvalue weighted by Gasteiger charge is -2.12. The Hall–Kier alpha value is -2.74. The smallest absolute Gasteiger partial charge is 0.338 e. The third-order valence-corrected chi connectivity index (χ3v) is 8.77. The number of esters is 1. The van der Waals surface area contributed by atoms with Crippen LogP contribution in [0.1, 0.15) is 126 Å². The minimum atomic E-state index is -3.23. The average Bonchev–Trinajstić information content (AvgIpc) is 3.01. The van der Waals surface area contributed by atoms with Crippen LogP contribution in [0.3, 0.4) is 0 Å². The third-order valence-electron chi connectivity index (χ3n) is 7.65. The minimum absolute atomic E-state index is 0.256. The van der Waals surface area contributed by atoms with E-state index >= 15 is 0 Å². The van der Waals surface area contributed by atoms with Crippen molar-refractivity contribution in [2.24, 2.45) is 0 Å². The predicted molar refractivity (Wildman–Crippen MR) is 178 cm³/mol. The minimum Gasteiger partial charge on any atom is -0.493 e. The van der Waals surface area contributed by atoms with Crippen LogP contribution >= 0.6 is 0 Å². The summed E-state index contributed by atoms with van der Waals surface area (Å²) in [4.78, 5) is 12.4. The average molecular weight is 633 g/mol. The van der Waals surface area contributed by atoms with E-state index in [9.17, 15) is 13.2 Å². The van der Waals surface area contributed by atoms with Crippen LogP contribution < -0.4 is 14.2 Å². The molecule has 44 heavy (non-hydrogen) atoms. The second-order valence-electron chi connectivity index (χ2n) is 11.6. The Bertz CT molecular complexity index is 1150. The number of unbranched alkanes of at least 4 members (excludes halogenated alkanes) is 15. The van der Waals surface area contributed by atoms with Gasteiger partial charge in [0, 0.05) is 18.7 Å². The zero-order chi connectivity index (χ0) is 31.9. The van der Waals surface area contributed by atoms with E-state index in [1.54, 1.807) is 30.3 Å². The molecule has 0 atom stereocenters. The van der Waals surface area contributed by atoms with E-state index in [0.29, 0.717) is 49.1 Å². The zero-order valence-electron chi connectivity index (χ0n) is 27.4. The summed E-state index contributed by atoms with van der Waals surface area (Å²) in [6, 6.07) is 11.5. The molecule has 0 amide bonds. The van der Waals surface area contributed by atoms with Gasteiger partial charge in [0.05, 0.1) is 37.4 Å². The van der Waals surface area contributed by atoms with Crippen molar-refractivity contribution in [2.45, 2.75) is 121 Å². The highest BCUT2D eigenvalue weighted by atomic mass is 32.2. The van der Waals surface area contributed by atoms with Crippen molar-refractivity contribution in [1.29, 1.82) is 0 Å². The van der Waals surface area contributed by atoms with Crippen LogP contribution in [-0.4, -0.2) is 47.6 Å². The number of hydrogen-bond donors (Lipinski definition) is 0. The first-order valence-corrected chi connectivity index (χ1v) is 18.6. The Kier molecular flexibility index (Phi) is 19.3. The number of sulfone groups is 1. The number of rotatable bonds is 26. The normalized spacial score (nSPS) is 11.3. The predicted octanol–water partition coefficient (Wildman–Crippen LogP) is 9.36. The number of methoxy groups -OCH3 is 1. The van der Waals surface area contributed by atoms with E-state index in [0.717, 1.165) is 12.8 Å². The molecule has 0 fully saturated rings. The first kappa shape index (κ1) is 37.4. The molecule has 0 bridgehead atoms. The summed E-state index contributed by atoms with van der Waals surface area (Å²) in [5.74, 6) is 1.27. The Balaban J connectivity index is 1.58. The molecule has 0 unspecified atom stereocenters. The topological polar surface area (TPSA) is 88.1 Å². The number of hydrogen-bond acceptors (Lipinski definition) is 7. The molecule has 0 saturated carbocycles. The summed E-state index contributed by atoms with van der Waals surface area (Å²) < 4.78 is 45.6. The SMILES string of the molecule is CCCCCCCCCCCCCCCCCCOc1cc(OCCCOc2ccc(S(C)(=O)=O)cc2)cc(C(=O)OC)c1.